The van der Waals surface area contributed by atoms with Crippen molar-refractivity contribution in [3.05, 3.63) is 66.1 Å². The minimum atomic E-state index is 0.0456. The van der Waals surface area contributed by atoms with Crippen molar-refractivity contribution in [2.45, 2.75) is 31.3 Å². The molecule has 0 unspecified atom stereocenters. The van der Waals surface area contributed by atoms with E-state index < -0.39 is 0 Å². The average molecular weight is 361 g/mol. The molecule has 1 N–H and O–H groups in total. The fraction of sp³-hybridized carbons (Fsp3) is 0.364. The molecular weight excluding hydrogens is 338 g/mol. The maximum absolute atomic E-state index is 5.85. The summed E-state index contributed by atoms with van der Waals surface area (Å²) in [6, 6.07) is 18.1. The molecule has 2 fully saturated rings. The van der Waals surface area contributed by atoms with Crippen LogP contribution in [0.2, 0.25) is 0 Å². The molecule has 1 saturated carbocycles. The average Bonchev–Trinajstić information content (AvgIpc) is 3.43. The van der Waals surface area contributed by atoms with Gasteiger partial charge in [0.25, 0.3) is 0 Å². The summed E-state index contributed by atoms with van der Waals surface area (Å²) in [6.07, 6.45) is 3.63. The van der Waals surface area contributed by atoms with E-state index in [1.807, 2.05) is 42.5 Å². The number of nitrogens with one attached hydrogen (secondary N) is 1. The smallest absolute Gasteiger partial charge is 0.234 e. The van der Waals surface area contributed by atoms with Crippen molar-refractivity contribution in [1.29, 1.82) is 0 Å². The fourth-order valence-electron chi connectivity index (χ4n) is 4.49. The quantitative estimate of drug-likeness (QED) is 0.745. The predicted octanol–water partition coefficient (Wildman–Crippen LogP) is 3.96. The second-order valence-corrected chi connectivity index (χ2v) is 7.60. The lowest BCUT2D eigenvalue weighted by atomic mass is 9.80. The normalized spacial score (nSPS) is 24.1. The Balaban J connectivity index is 1.30. The summed E-state index contributed by atoms with van der Waals surface area (Å²) in [5.74, 6) is 2.92. The van der Waals surface area contributed by atoms with Crippen LogP contribution in [0.3, 0.4) is 0 Å². The highest BCUT2D eigenvalue weighted by Gasteiger charge is 2.51. The Morgan fingerprint density at radius 3 is 2.81 bits per heavy atom. The number of rotatable bonds is 5. The van der Waals surface area contributed by atoms with Gasteiger partial charge in [-0.05, 0) is 55.1 Å². The van der Waals surface area contributed by atoms with Gasteiger partial charge < -0.3 is 14.6 Å². The van der Waals surface area contributed by atoms with Crippen LogP contribution in [0.5, 0.6) is 5.75 Å². The SMILES string of the molecule is c1ccc(COc2ccc(-c3noc([C@@]45CCC[C@@H]4CNC5)n3)cc2)cc1. The number of fused-ring (bicyclic) bond motifs is 1. The van der Waals surface area contributed by atoms with Gasteiger partial charge in [-0.3, -0.25) is 0 Å². The number of aromatic nitrogens is 2. The first-order chi connectivity index (χ1) is 13.3. The highest BCUT2D eigenvalue weighted by Crippen LogP contribution is 2.47. The zero-order valence-corrected chi connectivity index (χ0v) is 15.2. The Labute approximate surface area is 158 Å². The summed E-state index contributed by atoms with van der Waals surface area (Å²) in [5.41, 5.74) is 2.15. The lowest BCUT2D eigenvalue weighted by Gasteiger charge is -2.22. The molecule has 1 aliphatic carbocycles. The van der Waals surface area contributed by atoms with Crippen LogP contribution >= 0.6 is 0 Å². The molecule has 1 aromatic heterocycles. The van der Waals surface area contributed by atoms with Crippen molar-refractivity contribution in [3.8, 4) is 17.1 Å². The van der Waals surface area contributed by atoms with Crippen molar-refractivity contribution < 1.29 is 9.26 Å². The van der Waals surface area contributed by atoms with Crippen LogP contribution < -0.4 is 10.1 Å². The van der Waals surface area contributed by atoms with Gasteiger partial charge in [0.15, 0.2) is 0 Å². The number of ether oxygens (including phenoxy) is 1. The second kappa shape index (κ2) is 6.82. The van der Waals surface area contributed by atoms with Gasteiger partial charge in [-0.2, -0.15) is 4.98 Å². The van der Waals surface area contributed by atoms with E-state index in [4.69, 9.17) is 14.2 Å². The van der Waals surface area contributed by atoms with E-state index in [1.165, 1.54) is 12.8 Å². The van der Waals surface area contributed by atoms with Crippen molar-refractivity contribution in [2.24, 2.45) is 5.92 Å². The van der Waals surface area contributed by atoms with Crippen molar-refractivity contribution in [3.63, 3.8) is 0 Å². The van der Waals surface area contributed by atoms with E-state index in [-0.39, 0.29) is 5.41 Å². The van der Waals surface area contributed by atoms with E-state index >= 15 is 0 Å². The number of hydrogen-bond acceptors (Lipinski definition) is 5. The third-order valence-electron chi connectivity index (χ3n) is 6.00. The van der Waals surface area contributed by atoms with Gasteiger partial charge >= 0.3 is 0 Å². The zero-order valence-electron chi connectivity index (χ0n) is 15.2. The minimum absolute atomic E-state index is 0.0456. The third kappa shape index (κ3) is 3.02. The highest BCUT2D eigenvalue weighted by molar-refractivity contribution is 5.55. The van der Waals surface area contributed by atoms with Crippen LogP contribution in [0.15, 0.2) is 59.1 Å². The Morgan fingerprint density at radius 2 is 1.96 bits per heavy atom. The largest absolute Gasteiger partial charge is 0.489 e. The second-order valence-electron chi connectivity index (χ2n) is 7.60. The third-order valence-corrected chi connectivity index (χ3v) is 6.00. The van der Waals surface area contributed by atoms with E-state index in [0.29, 0.717) is 18.3 Å². The molecule has 2 atom stereocenters. The maximum atomic E-state index is 5.85. The van der Waals surface area contributed by atoms with Crippen LogP contribution in [0.25, 0.3) is 11.4 Å². The van der Waals surface area contributed by atoms with Gasteiger partial charge in [-0.1, -0.05) is 41.9 Å². The predicted molar refractivity (Wildman–Crippen MR) is 102 cm³/mol. The molecule has 2 heterocycles. The Hall–Kier alpha value is -2.66. The van der Waals surface area contributed by atoms with E-state index in [9.17, 15) is 0 Å². The van der Waals surface area contributed by atoms with Gasteiger partial charge in [0.05, 0.1) is 5.41 Å². The number of benzene rings is 2. The molecule has 138 valence electrons. The molecule has 27 heavy (non-hydrogen) atoms. The summed E-state index contributed by atoms with van der Waals surface area (Å²) in [4.78, 5) is 4.76. The van der Waals surface area contributed by atoms with Crippen LogP contribution in [0, 0.1) is 5.92 Å². The molecule has 2 aliphatic rings. The first-order valence-corrected chi connectivity index (χ1v) is 9.66. The lowest BCUT2D eigenvalue weighted by Crippen LogP contribution is -2.31. The molecule has 0 spiro atoms. The van der Waals surface area contributed by atoms with E-state index in [0.717, 1.165) is 42.3 Å². The zero-order chi connectivity index (χ0) is 18.1. The van der Waals surface area contributed by atoms with Crippen LogP contribution in [-0.2, 0) is 12.0 Å². The molecule has 5 rings (SSSR count). The maximum Gasteiger partial charge on any atom is 0.234 e. The summed E-state index contributed by atoms with van der Waals surface area (Å²) < 4.78 is 11.6. The van der Waals surface area contributed by atoms with E-state index in [2.05, 4.69) is 22.6 Å². The van der Waals surface area contributed by atoms with Crippen molar-refractivity contribution >= 4 is 0 Å². The molecule has 0 radical (unpaired) electrons. The topological polar surface area (TPSA) is 60.2 Å². The molecule has 2 aromatic carbocycles. The standard InChI is InChI=1S/C22H23N3O2/c1-2-5-16(6-3-1)14-26-19-10-8-17(9-11-19)20-24-21(27-25-20)22-12-4-7-18(22)13-23-15-22/h1-3,5-6,8-11,18,23H,4,7,12-15H2/t18-,22-/m1/s1. The molecule has 5 heteroatoms. The van der Waals surface area contributed by atoms with Gasteiger partial charge in [0.2, 0.25) is 11.7 Å². The Bertz CT molecular complexity index is 895. The highest BCUT2D eigenvalue weighted by atomic mass is 16.5. The summed E-state index contributed by atoms with van der Waals surface area (Å²) in [5, 5.41) is 7.76. The van der Waals surface area contributed by atoms with Gasteiger partial charge in [0, 0.05) is 12.1 Å². The van der Waals surface area contributed by atoms with Crippen LogP contribution in [0.1, 0.15) is 30.7 Å². The van der Waals surface area contributed by atoms with Crippen molar-refractivity contribution in [1.82, 2.24) is 15.5 Å². The Morgan fingerprint density at radius 1 is 1.11 bits per heavy atom. The monoisotopic (exact) mass is 361 g/mol. The minimum Gasteiger partial charge on any atom is -0.489 e. The Kier molecular flexibility index (Phi) is 4.17. The first kappa shape index (κ1) is 16.5. The van der Waals surface area contributed by atoms with Crippen LogP contribution in [0.4, 0.5) is 0 Å². The molecular formula is C22H23N3O2. The summed E-state index contributed by atoms with van der Waals surface area (Å²) >= 11 is 0. The van der Waals surface area contributed by atoms with Crippen molar-refractivity contribution in [2.75, 3.05) is 13.1 Å². The molecule has 5 nitrogen and oxygen atoms in total. The van der Waals surface area contributed by atoms with Gasteiger partial charge in [0.1, 0.15) is 12.4 Å². The molecule has 1 saturated heterocycles. The van der Waals surface area contributed by atoms with Gasteiger partial charge in [-0.15, -0.1) is 0 Å². The van der Waals surface area contributed by atoms with Crippen LogP contribution in [-0.4, -0.2) is 23.2 Å². The number of nitrogens with zero attached hydrogens (tertiary/aromatic N) is 2. The summed E-state index contributed by atoms with van der Waals surface area (Å²) in [7, 11) is 0. The molecule has 1 aliphatic heterocycles. The number of hydrogen-bond donors (Lipinski definition) is 1. The van der Waals surface area contributed by atoms with E-state index in [1.54, 1.807) is 0 Å². The molecule has 3 aromatic rings. The summed E-state index contributed by atoms with van der Waals surface area (Å²) in [6.45, 7) is 2.57. The lowest BCUT2D eigenvalue weighted by molar-refractivity contribution is 0.265. The fourth-order valence-corrected chi connectivity index (χ4v) is 4.49. The first-order valence-electron chi connectivity index (χ1n) is 9.66. The molecule has 0 amide bonds. The molecule has 0 bridgehead atoms. The van der Waals surface area contributed by atoms with Gasteiger partial charge in [-0.25, -0.2) is 0 Å².